The Hall–Kier alpha value is -3.00. The maximum atomic E-state index is 12.2. The highest BCUT2D eigenvalue weighted by atomic mass is 32.1. The molecule has 1 heterocycles. The van der Waals surface area contributed by atoms with Crippen molar-refractivity contribution in [3.05, 3.63) is 63.1 Å². The molecule has 1 aromatic heterocycles. The Morgan fingerprint density at radius 3 is 2.79 bits per heavy atom. The van der Waals surface area contributed by atoms with Gasteiger partial charge in [0.25, 0.3) is 5.69 Å². The number of thiazole rings is 1. The second-order valence-corrected chi connectivity index (χ2v) is 5.91. The largest absolute Gasteiger partial charge is 0.496 e. The van der Waals surface area contributed by atoms with Crippen molar-refractivity contribution in [3.63, 3.8) is 0 Å². The number of nitrogens with zero attached hydrogens (tertiary/aromatic N) is 2. The van der Waals surface area contributed by atoms with Gasteiger partial charge < -0.3 is 9.47 Å². The van der Waals surface area contributed by atoms with Crippen molar-refractivity contribution in [2.75, 3.05) is 7.11 Å². The van der Waals surface area contributed by atoms with Gasteiger partial charge in [0.15, 0.2) is 0 Å². The molecule has 0 amide bonds. The van der Waals surface area contributed by atoms with Crippen molar-refractivity contribution in [1.82, 2.24) is 4.98 Å². The predicted molar refractivity (Wildman–Crippen MR) is 88.4 cm³/mol. The average Bonchev–Trinajstić information content (AvgIpc) is 3.02. The van der Waals surface area contributed by atoms with E-state index in [-0.39, 0.29) is 23.6 Å². The lowest BCUT2D eigenvalue weighted by atomic mass is 10.2. The number of hydrogen-bond acceptors (Lipinski definition) is 7. The highest BCUT2D eigenvalue weighted by Crippen LogP contribution is 2.26. The summed E-state index contributed by atoms with van der Waals surface area (Å²) < 4.78 is 11.3. The summed E-state index contributed by atoms with van der Waals surface area (Å²) in [5.41, 5.74) is 0.636. The van der Waals surface area contributed by atoms with Crippen LogP contribution in [-0.2, 0) is 11.3 Å². The molecule has 0 aliphatic carbocycles. The molecule has 0 fully saturated rings. The Labute approximate surface area is 140 Å². The Morgan fingerprint density at radius 2 is 2.08 bits per heavy atom. The van der Waals surface area contributed by atoms with Crippen LogP contribution in [0.5, 0.6) is 5.75 Å². The van der Waals surface area contributed by atoms with E-state index < -0.39 is 10.9 Å². The number of benzene rings is 2. The monoisotopic (exact) mass is 344 g/mol. The summed E-state index contributed by atoms with van der Waals surface area (Å²) >= 11 is 1.42. The van der Waals surface area contributed by atoms with E-state index in [1.807, 2.05) is 24.3 Å². The van der Waals surface area contributed by atoms with Gasteiger partial charge in [-0.2, -0.15) is 0 Å². The van der Waals surface area contributed by atoms with Crippen molar-refractivity contribution in [1.29, 1.82) is 0 Å². The van der Waals surface area contributed by atoms with Crippen LogP contribution >= 0.6 is 11.3 Å². The molecule has 122 valence electrons. The van der Waals surface area contributed by atoms with E-state index in [4.69, 9.17) is 9.47 Å². The minimum atomic E-state index is -0.699. The van der Waals surface area contributed by atoms with Crippen LogP contribution in [0.1, 0.15) is 15.4 Å². The fourth-order valence-electron chi connectivity index (χ4n) is 2.16. The van der Waals surface area contributed by atoms with Crippen LogP contribution in [0.25, 0.3) is 10.2 Å². The molecule has 0 N–H and O–H groups in total. The SMILES string of the molecule is COc1ccc([N+](=O)[O-])cc1C(=O)OCc1nc2ccccc2s1. The Kier molecular flexibility index (Phi) is 4.39. The summed E-state index contributed by atoms with van der Waals surface area (Å²) in [6, 6.07) is 11.4. The third-order valence-corrected chi connectivity index (χ3v) is 4.29. The molecular formula is C16H12N2O5S. The molecular weight excluding hydrogens is 332 g/mol. The van der Waals surface area contributed by atoms with Gasteiger partial charge in [0, 0.05) is 12.1 Å². The molecule has 0 radical (unpaired) electrons. The number of ether oxygens (including phenoxy) is 2. The summed E-state index contributed by atoms with van der Waals surface area (Å²) in [5, 5.41) is 11.5. The molecule has 24 heavy (non-hydrogen) atoms. The van der Waals surface area contributed by atoms with Crippen LogP contribution in [0, 0.1) is 10.1 Å². The standard InChI is InChI=1S/C16H12N2O5S/c1-22-13-7-6-10(18(20)21)8-11(13)16(19)23-9-15-17-12-4-2-3-5-14(12)24-15/h2-8H,9H2,1H3. The lowest BCUT2D eigenvalue weighted by molar-refractivity contribution is -0.384. The number of hydrogen-bond donors (Lipinski definition) is 0. The normalized spacial score (nSPS) is 10.5. The number of methoxy groups -OCH3 is 1. The first-order chi connectivity index (χ1) is 11.6. The zero-order valence-corrected chi connectivity index (χ0v) is 13.4. The van der Waals surface area contributed by atoms with E-state index in [1.165, 1.54) is 30.6 Å². The fraction of sp³-hybridized carbons (Fsp3) is 0.125. The van der Waals surface area contributed by atoms with Gasteiger partial charge in [0.1, 0.15) is 22.9 Å². The Morgan fingerprint density at radius 1 is 1.29 bits per heavy atom. The number of rotatable bonds is 5. The summed E-state index contributed by atoms with van der Waals surface area (Å²) in [5.74, 6) is -0.482. The van der Waals surface area contributed by atoms with Gasteiger partial charge in [0.2, 0.25) is 0 Å². The highest BCUT2D eigenvalue weighted by molar-refractivity contribution is 7.18. The van der Waals surface area contributed by atoms with Gasteiger partial charge in [-0.05, 0) is 18.2 Å². The summed E-state index contributed by atoms with van der Waals surface area (Å²) in [6.45, 7) is -0.00989. The Balaban J connectivity index is 1.79. The van der Waals surface area contributed by atoms with E-state index in [0.29, 0.717) is 5.01 Å². The first-order valence-corrected chi connectivity index (χ1v) is 7.74. The molecule has 2 aromatic carbocycles. The summed E-state index contributed by atoms with van der Waals surface area (Å²) in [7, 11) is 1.38. The number of nitro benzene ring substituents is 1. The van der Waals surface area contributed by atoms with E-state index in [9.17, 15) is 14.9 Å². The smallest absolute Gasteiger partial charge is 0.342 e. The fourth-order valence-corrected chi connectivity index (χ4v) is 3.04. The van der Waals surface area contributed by atoms with E-state index in [1.54, 1.807) is 0 Å². The van der Waals surface area contributed by atoms with Crippen molar-refractivity contribution < 1.29 is 19.2 Å². The van der Waals surface area contributed by atoms with Crippen molar-refractivity contribution in [3.8, 4) is 5.75 Å². The first-order valence-electron chi connectivity index (χ1n) is 6.92. The zero-order valence-electron chi connectivity index (χ0n) is 12.6. The topological polar surface area (TPSA) is 91.6 Å². The van der Waals surface area contributed by atoms with Gasteiger partial charge in [-0.3, -0.25) is 10.1 Å². The molecule has 7 nitrogen and oxygen atoms in total. The number of nitro groups is 1. The highest BCUT2D eigenvalue weighted by Gasteiger charge is 2.19. The van der Waals surface area contributed by atoms with E-state index in [0.717, 1.165) is 16.3 Å². The molecule has 0 atom stereocenters. The molecule has 0 spiro atoms. The molecule has 0 unspecified atom stereocenters. The van der Waals surface area contributed by atoms with E-state index >= 15 is 0 Å². The van der Waals surface area contributed by atoms with Gasteiger partial charge in [-0.1, -0.05) is 12.1 Å². The number of carbonyl (C=O) groups excluding carboxylic acids is 1. The molecule has 0 saturated heterocycles. The van der Waals surface area contributed by atoms with Gasteiger partial charge in [-0.15, -0.1) is 11.3 Å². The third-order valence-electron chi connectivity index (χ3n) is 3.28. The number of carbonyl (C=O) groups is 1. The second kappa shape index (κ2) is 6.63. The summed E-state index contributed by atoms with van der Waals surface area (Å²) in [4.78, 5) is 26.9. The first kappa shape index (κ1) is 15.9. The molecule has 0 aliphatic heterocycles. The third kappa shape index (κ3) is 3.18. The van der Waals surface area contributed by atoms with Crippen LogP contribution in [-0.4, -0.2) is 23.0 Å². The van der Waals surface area contributed by atoms with Crippen LogP contribution in [0.2, 0.25) is 0 Å². The number of para-hydroxylation sites is 1. The van der Waals surface area contributed by atoms with Crippen LogP contribution < -0.4 is 4.74 Å². The molecule has 3 rings (SSSR count). The number of aromatic nitrogens is 1. The molecule has 0 bridgehead atoms. The van der Waals surface area contributed by atoms with Gasteiger partial charge in [-0.25, -0.2) is 9.78 Å². The number of fused-ring (bicyclic) bond motifs is 1. The van der Waals surface area contributed by atoms with Gasteiger partial charge in [0.05, 0.1) is 22.2 Å². The van der Waals surface area contributed by atoms with Crippen LogP contribution in [0.3, 0.4) is 0 Å². The summed E-state index contributed by atoms with van der Waals surface area (Å²) in [6.07, 6.45) is 0. The average molecular weight is 344 g/mol. The maximum Gasteiger partial charge on any atom is 0.342 e. The zero-order chi connectivity index (χ0) is 17.1. The molecule has 3 aromatic rings. The van der Waals surface area contributed by atoms with Crippen molar-refractivity contribution >= 4 is 33.2 Å². The van der Waals surface area contributed by atoms with Crippen molar-refractivity contribution in [2.24, 2.45) is 0 Å². The number of non-ortho nitro benzene ring substituents is 1. The minimum Gasteiger partial charge on any atom is -0.496 e. The van der Waals surface area contributed by atoms with Crippen LogP contribution in [0.4, 0.5) is 5.69 Å². The quantitative estimate of drug-likeness (QED) is 0.399. The lowest BCUT2D eigenvalue weighted by Gasteiger charge is -2.07. The molecule has 8 heteroatoms. The Bertz CT molecular complexity index is 889. The predicted octanol–water partition coefficient (Wildman–Crippen LogP) is 3.57. The van der Waals surface area contributed by atoms with E-state index in [2.05, 4.69) is 4.98 Å². The molecule has 0 aliphatic rings. The van der Waals surface area contributed by atoms with Gasteiger partial charge >= 0.3 is 5.97 Å². The van der Waals surface area contributed by atoms with Crippen molar-refractivity contribution in [2.45, 2.75) is 6.61 Å². The number of esters is 1. The minimum absolute atomic E-state index is 0.00723. The second-order valence-electron chi connectivity index (χ2n) is 4.79. The molecule has 0 saturated carbocycles. The maximum absolute atomic E-state index is 12.2. The van der Waals surface area contributed by atoms with Crippen LogP contribution in [0.15, 0.2) is 42.5 Å². The lowest BCUT2D eigenvalue weighted by Crippen LogP contribution is -2.07.